The minimum absolute atomic E-state index is 0.00459. The fourth-order valence-electron chi connectivity index (χ4n) is 1.30. The van der Waals surface area contributed by atoms with Gasteiger partial charge in [0, 0.05) is 7.11 Å². The van der Waals surface area contributed by atoms with Crippen LogP contribution in [0.25, 0.3) is 0 Å². The van der Waals surface area contributed by atoms with E-state index in [1.54, 1.807) is 7.11 Å². The molecule has 80 valence electrons. The SMILES string of the molecule is CCCCCCCC(OC)C(Cl)Cl. The molecule has 0 spiro atoms. The van der Waals surface area contributed by atoms with Crippen LogP contribution in [-0.4, -0.2) is 18.1 Å². The van der Waals surface area contributed by atoms with Crippen LogP contribution in [0.4, 0.5) is 0 Å². The first-order chi connectivity index (χ1) is 6.22. The van der Waals surface area contributed by atoms with E-state index in [2.05, 4.69) is 6.92 Å². The van der Waals surface area contributed by atoms with Crippen LogP contribution in [-0.2, 0) is 4.74 Å². The monoisotopic (exact) mass is 226 g/mol. The Labute approximate surface area is 91.7 Å². The molecular weight excluding hydrogens is 207 g/mol. The van der Waals surface area contributed by atoms with E-state index >= 15 is 0 Å². The molecule has 0 saturated carbocycles. The van der Waals surface area contributed by atoms with Crippen LogP contribution < -0.4 is 0 Å². The van der Waals surface area contributed by atoms with Crippen LogP contribution in [0.15, 0.2) is 0 Å². The summed E-state index contributed by atoms with van der Waals surface area (Å²) in [6.45, 7) is 2.21. The highest BCUT2D eigenvalue weighted by Crippen LogP contribution is 2.17. The third-order valence-corrected chi connectivity index (χ3v) is 2.74. The van der Waals surface area contributed by atoms with Gasteiger partial charge in [-0.2, -0.15) is 0 Å². The van der Waals surface area contributed by atoms with E-state index in [9.17, 15) is 0 Å². The van der Waals surface area contributed by atoms with E-state index < -0.39 is 4.84 Å². The van der Waals surface area contributed by atoms with Crippen LogP contribution in [0.5, 0.6) is 0 Å². The molecule has 0 radical (unpaired) electrons. The zero-order valence-electron chi connectivity index (χ0n) is 8.56. The molecule has 0 aromatic heterocycles. The number of unbranched alkanes of at least 4 members (excludes halogenated alkanes) is 4. The quantitative estimate of drug-likeness (QED) is 0.446. The van der Waals surface area contributed by atoms with E-state index in [-0.39, 0.29) is 6.10 Å². The van der Waals surface area contributed by atoms with E-state index in [0.29, 0.717) is 0 Å². The normalized spacial score (nSPS) is 13.6. The van der Waals surface area contributed by atoms with Gasteiger partial charge in [0.25, 0.3) is 0 Å². The number of halogens is 2. The van der Waals surface area contributed by atoms with Gasteiger partial charge in [-0.05, 0) is 6.42 Å². The summed E-state index contributed by atoms with van der Waals surface area (Å²) in [6, 6.07) is 0. The minimum Gasteiger partial charge on any atom is -0.379 e. The number of alkyl halides is 2. The first-order valence-electron chi connectivity index (χ1n) is 5.03. The zero-order valence-corrected chi connectivity index (χ0v) is 10.1. The standard InChI is InChI=1S/C10H20Cl2O/c1-3-4-5-6-7-8-9(13-2)10(11)12/h9-10H,3-8H2,1-2H3. The molecule has 3 heteroatoms. The average Bonchev–Trinajstić information content (AvgIpc) is 2.10. The third-order valence-electron chi connectivity index (χ3n) is 2.18. The minimum atomic E-state index is -0.392. The van der Waals surface area contributed by atoms with E-state index in [4.69, 9.17) is 27.9 Å². The number of methoxy groups -OCH3 is 1. The third kappa shape index (κ3) is 7.60. The molecule has 0 N–H and O–H groups in total. The first kappa shape index (κ1) is 13.5. The van der Waals surface area contributed by atoms with Gasteiger partial charge in [-0.3, -0.25) is 0 Å². The molecule has 1 nitrogen and oxygen atoms in total. The Balaban J connectivity index is 3.28. The van der Waals surface area contributed by atoms with Crippen LogP contribution >= 0.6 is 23.2 Å². The summed E-state index contributed by atoms with van der Waals surface area (Å²) in [5.74, 6) is 0. The highest BCUT2D eigenvalue weighted by Gasteiger charge is 2.14. The van der Waals surface area contributed by atoms with Crippen molar-refractivity contribution < 1.29 is 4.74 Å². The van der Waals surface area contributed by atoms with Gasteiger partial charge in [0.15, 0.2) is 0 Å². The summed E-state index contributed by atoms with van der Waals surface area (Å²) < 4.78 is 5.15. The second-order valence-electron chi connectivity index (χ2n) is 3.31. The molecule has 1 unspecified atom stereocenters. The maximum Gasteiger partial charge on any atom is 0.133 e. The first-order valence-corrected chi connectivity index (χ1v) is 5.90. The van der Waals surface area contributed by atoms with Gasteiger partial charge >= 0.3 is 0 Å². The van der Waals surface area contributed by atoms with Gasteiger partial charge in [-0.15, -0.1) is 23.2 Å². The van der Waals surface area contributed by atoms with Crippen molar-refractivity contribution in [3.8, 4) is 0 Å². The van der Waals surface area contributed by atoms with Crippen LogP contribution in [0.1, 0.15) is 45.4 Å². The fourth-order valence-corrected chi connectivity index (χ4v) is 1.75. The molecule has 0 amide bonds. The van der Waals surface area contributed by atoms with Crippen molar-refractivity contribution in [2.24, 2.45) is 0 Å². The van der Waals surface area contributed by atoms with E-state index in [0.717, 1.165) is 12.8 Å². The molecule has 0 aliphatic heterocycles. The Bertz CT molecular complexity index is 107. The maximum atomic E-state index is 5.72. The molecule has 0 aromatic carbocycles. The molecule has 0 aromatic rings. The van der Waals surface area contributed by atoms with Gasteiger partial charge in [-0.25, -0.2) is 0 Å². The summed E-state index contributed by atoms with van der Waals surface area (Å²) in [6.07, 6.45) is 7.30. The van der Waals surface area contributed by atoms with Crippen molar-refractivity contribution in [3.63, 3.8) is 0 Å². The predicted molar refractivity (Wildman–Crippen MR) is 59.7 cm³/mol. The van der Waals surface area contributed by atoms with Crippen LogP contribution in [0.3, 0.4) is 0 Å². The molecule has 0 aliphatic carbocycles. The van der Waals surface area contributed by atoms with Gasteiger partial charge < -0.3 is 4.74 Å². The van der Waals surface area contributed by atoms with E-state index in [1.165, 1.54) is 25.7 Å². The second-order valence-corrected chi connectivity index (χ2v) is 4.48. The zero-order chi connectivity index (χ0) is 10.1. The van der Waals surface area contributed by atoms with Gasteiger partial charge in [0.05, 0.1) is 6.10 Å². The van der Waals surface area contributed by atoms with Crippen molar-refractivity contribution in [1.29, 1.82) is 0 Å². The highest BCUT2D eigenvalue weighted by molar-refractivity contribution is 6.44. The van der Waals surface area contributed by atoms with Crippen molar-refractivity contribution >= 4 is 23.2 Å². The molecule has 0 rings (SSSR count). The van der Waals surface area contributed by atoms with Gasteiger partial charge in [0.2, 0.25) is 0 Å². The lowest BCUT2D eigenvalue weighted by molar-refractivity contribution is 0.104. The second kappa shape index (κ2) is 9.11. The Morgan fingerprint density at radius 3 is 2.15 bits per heavy atom. The van der Waals surface area contributed by atoms with Crippen LogP contribution in [0.2, 0.25) is 0 Å². The maximum absolute atomic E-state index is 5.72. The molecule has 0 bridgehead atoms. The topological polar surface area (TPSA) is 9.23 Å². The van der Waals surface area contributed by atoms with Crippen molar-refractivity contribution in [3.05, 3.63) is 0 Å². The fraction of sp³-hybridized carbons (Fsp3) is 1.00. The van der Waals surface area contributed by atoms with Crippen molar-refractivity contribution in [1.82, 2.24) is 0 Å². The molecular formula is C10H20Cl2O. The van der Waals surface area contributed by atoms with Gasteiger partial charge in [0.1, 0.15) is 4.84 Å². The molecule has 13 heavy (non-hydrogen) atoms. The average molecular weight is 227 g/mol. The Hall–Kier alpha value is 0.540. The van der Waals surface area contributed by atoms with Crippen molar-refractivity contribution in [2.75, 3.05) is 7.11 Å². The summed E-state index contributed by atoms with van der Waals surface area (Å²) in [5, 5.41) is 0. The molecule has 0 saturated heterocycles. The lowest BCUT2D eigenvalue weighted by atomic mass is 10.1. The van der Waals surface area contributed by atoms with Crippen LogP contribution in [0, 0.1) is 0 Å². The Kier molecular flexibility index (Phi) is 9.49. The lowest BCUT2D eigenvalue weighted by Gasteiger charge is -2.15. The largest absolute Gasteiger partial charge is 0.379 e. The summed E-state index contributed by atoms with van der Waals surface area (Å²) in [4.78, 5) is -0.392. The Morgan fingerprint density at radius 2 is 1.69 bits per heavy atom. The van der Waals surface area contributed by atoms with E-state index in [1.807, 2.05) is 0 Å². The summed E-state index contributed by atoms with van der Waals surface area (Å²) in [7, 11) is 1.66. The smallest absolute Gasteiger partial charge is 0.133 e. The number of hydrogen-bond donors (Lipinski definition) is 0. The molecule has 0 aliphatic rings. The number of hydrogen-bond acceptors (Lipinski definition) is 1. The van der Waals surface area contributed by atoms with Crippen molar-refractivity contribution in [2.45, 2.75) is 56.4 Å². The number of ether oxygens (including phenoxy) is 1. The molecule has 0 fully saturated rings. The predicted octanol–water partition coefficient (Wildman–Crippen LogP) is 4.17. The molecule has 1 atom stereocenters. The van der Waals surface area contributed by atoms with Gasteiger partial charge in [-0.1, -0.05) is 39.0 Å². The summed E-state index contributed by atoms with van der Waals surface area (Å²) >= 11 is 11.4. The lowest BCUT2D eigenvalue weighted by Crippen LogP contribution is -2.18. The Morgan fingerprint density at radius 1 is 1.08 bits per heavy atom. The number of rotatable bonds is 8. The summed E-state index contributed by atoms with van der Waals surface area (Å²) in [5.41, 5.74) is 0. The highest BCUT2D eigenvalue weighted by atomic mass is 35.5. The molecule has 0 heterocycles.